The summed E-state index contributed by atoms with van der Waals surface area (Å²) in [6.07, 6.45) is -2.42. The monoisotopic (exact) mass is 494 g/mol. The van der Waals surface area contributed by atoms with Crippen molar-refractivity contribution in [3.05, 3.63) is 78.1 Å². The van der Waals surface area contributed by atoms with E-state index >= 15 is 0 Å². The molecule has 2 aromatic carbocycles. The minimum absolute atomic E-state index is 0.145. The van der Waals surface area contributed by atoms with Gasteiger partial charge in [-0.25, -0.2) is 14.4 Å². The highest BCUT2D eigenvalue weighted by molar-refractivity contribution is 7.89. The first-order valence-corrected chi connectivity index (χ1v) is 11.3. The van der Waals surface area contributed by atoms with Crippen molar-refractivity contribution in [2.24, 2.45) is 0 Å². The minimum Gasteiger partial charge on any atom is -0.593 e. The Morgan fingerprint density at radius 1 is 1.09 bits per heavy atom. The standard InChI is InChI=1S/C23H22F4N4O2S/c1-15(2)31(34(33)20-8-6-19(24)7-9-20)14-21(32)28-11-16-4-3-5-17(10-16)18-12-29-22(30-13-18)23(25,26)27/h3-10,12-13,15H,11,14H2,1-2H3,(H,28,32). The predicted molar refractivity (Wildman–Crippen MR) is 119 cm³/mol. The van der Waals surface area contributed by atoms with E-state index in [1.165, 1.54) is 28.6 Å². The number of amides is 1. The van der Waals surface area contributed by atoms with E-state index in [0.29, 0.717) is 21.6 Å². The zero-order valence-electron chi connectivity index (χ0n) is 18.3. The van der Waals surface area contributed by atoms with E-state index in [0.717, 1.165) is 12.4 Å². The van der Waals surface area contributed by atoms with E-state index in [2.05, 4.69) is 15.3 Å². The number of benzene rings is 2. The smallest absolute Gasteiger partial charge is 0.451 e. The summed E-state index contributed by atoms with van der Waals surface area (Å²) in [4.78, 5) is 19.6. The zero-order chi connectivity index (χ0) is 24.9. The third-order valence-electron chi connectivity index (χ3n) is 4.76. The Morgan fingerprint density at radius 3 is 2.32 bits per heavy atom. The lowest BCUT2D eigenvalue weighted by molar-refractivity contribution is -0.145. The van der Waals surface area contributed by atoms with Crippen molar-refractivity contribution in [3.63, 3.8) is 0 Å². The minimum atomic E-state index is -4.62. The molecule has 1 unspecified atom stereocenters. The Bertz CT molecular complexity index is 1110. The lowest BCUT2D eigenvalue weighted by Crippen LogP contribution is -2.44. The average Bonchev–Trinajstić information content (AvgIpc) is 2.81. The van der Waals surface area contributed by atoms with Crippen LogP contribution in [0.25, 0.3) is 11.1 Å². The van der Waals surface area contributed by atoms with Crippen LogP contribution < -0.4 is 5.32 Å². The van der Waals surface area contributed by atoms with Gasteiger partial charge in [0.25, 0.3) is 0 Å². The number of hydrogen-bond acceptors (Lipinski definition) is 5. The van der Waals surface area contributed by atoms with Gasteiger partial charge in [0.05, 0.1) is 17.4 Å². The Labute approximate surface area is 197 Å². The summed E-state index contributed by atoms with van der Waals surface area (Å²) < 4.78 is 65.5. The Hall–Kier alpha value is -3.02. The van der Waals surface area contributed by atoms with E-state index in [1.807, 2.05) is 0 Å². The maximum absolute atomic E-state index is 13.2. The molecular weight excluding hydrogens is 472 g/mol. The summed E-state index contributed by atoms with van der Waals surface area (Å²) in [6, 6.07) is 11.9. The van der Waals surface area contributed by atoms with Gasteiger partial charge >= 0.3 is 6.18 Å². The molecule has 0 aliphatic rings. The highest BCUT2D eigenvalue weighted by atomic mass is 32.2. The molecule has 0 bridgehead atoms. The third-order valence-corrected chi connectivity index (χ3v) is 6.41. The molecule has 0 fully saturated rings. The van der Waals surface area contributed by atoms with Crippen molar-refractivity contribution in [2.75, 3.05) is 6.54 Å². The van der Waals surface area contributed by atoms with E-state index in [-0.39, 0.29) is 25.0 Å². The van der Waals surface area contributed by atoms with Gasteiger partial charge in [0.15, 0.2) is 4.90 Å². The van der Waals surface area contributed by atoms with Crippen LogP contribution in [0.3, 0.4) is 0 Å². The maximum Gasteiger partial charge on any atom is 0.451 e. The predicted octanol–water partition coefficient (Wildman–Crippen LogP) is 4.35. The fourth-order valence-corrected chi connectivity index (χ4v) is 4.26. The molecule has 3 rings (SSSR count). The molecule has 1 atom stereocenters. The van der Waals surface area contributed by atoms with Gasteiger partial charge in [0, 0.05) is 24.5 Å². The number of rotatable bonds is 8. The molecule has 6 nitrogen and oxygen atoms in total. The Kier molecular flexibility index (Phi) is 8.24. The number of hydrogen-bond donors (Lipinski definition) is 1. The molecule has 0 saturated carbocycles. The second-order valence-electron chi connectivity index (χ2n) is 7.64. The van der Waals surface area contributed by atoms with Crippen LogP contribution in [0, 0.1) is 5.82 Å². The van der Waals surface area contributed by atoms with Crippen LogP contribution in [-0.2, 0) is 28.9 Å². The van der Waals surface area contributed by atoms with Crippen molar-refractivity contribution in [2.45, 2.75) is 37.5 Å². The van der Waals surface area contributed by atoms with Crippen molar-refractivity contribution < 1.29 is 26.9 Å². The van der Waals surface area contributed by atoms with Crippen molar-refractivity contribution in [3.8, 4) is 11.1 Å². The number of halogens is 4. The first-order chi connectivity index (χ1) is 16.0. The number of aromatic nitrogens is 2. The first-order valence-electron chi connectivity index (χ1n) is 10.2. The quantitative estimate of drug-likeness (QED) is 0.372. The fraction of sp³-hybridized carbons (Fsp3) is 0.261. The Morgan fingerprint density at radius 2 is 1.74 bits per heavy atom. The first kappa shape index (κ1) is 25.6. The van der Waals surface area contributed by atoms with Crippen LogP contribution in [-0.4, -0.2) is 37.3 Å². The van der Waals surface area contributed by atoms with Crippen LogP contribution in [0.15, 0.2) is 65.8 Å². The number of nitrogens with one attached hydrogen (secondary N) is 1. The van der Waals surface area contributed by atoms with Crippen molar-refractivity contribution >= 4 is 17.3 Å². The third kappa shape index (κ3) is 6.75. The van der Waals surface area contributed by atoms with Gasteiger partial charge in [-0.05, 0) is 55.3 Å². The van der Waals surface area contributed by atoms with Gasteiger partial charge in [-0.15, -0.1) is 4.31 Å². The van der Waals surface area contributed by atoms with Crippen LogP contribution in [0.4, 0.5) is 17.6 Å². The molecule has 1 N–H and O–H groups in total. The topological polar surface area (TPSA) is 81.2 Å². The molecule has 1 aromatic heterocycles. The van der Waals surface area contributed by atoms with E-state index < -0.39 is 29.2 Å². The van der Waals surface area contributed by atoms with Gasteiger partial charge in [0.2, 0.25) is 11.7 Å². The highest BCUT2D eigenvalue weighted by Gasteiger charge is 2.34. The van der Waals surface area contributed by atoms with Gasteiger partial charge in [0.1, 0.15) is 12.4 Å². The molecule has 1 heterocycles. The second-order valence-corrected chi connectivity index (χ2v) is 9.08. The van der Waals surface area contributed by atoms with Crippen LogP contribution in [0.5, 0.6) is 0 Å². The number of carbonyl (C=O) groups excluding carboxylic acids is 1. The highest BCUT2D eigenvalue weighted by Crippen LogP contribution is 2.27. The molecule has 0 saturated heterocycles. The fourth-order valence-electron chi connectivity index (χ4n) is 3.00. The van der Waals surface area contributed by atoms with E-state index in [4.69, 9.17) is 0 Å². The number of nitrogens with zero attached hydrogens (tertiary/aromatic N) is 3. The van der Waals surface area contributed by atoms with Gasteiger partial charge in [-0.1, -0.05) is 18.2 Å². The average molecular weight is 495 g/mol. The van der Waals surface area contributed by atoms with E-state index in [1.54, 1.807) is 38.1 Å². The molecule has 180 valence electrons. The molecule has 0 radical (unpaired) electrons. The summed E-state index contributed by atoms with van der Waals surface area (Å²) in [6.45, 7) is 3.60. The van der Waals surface area contributed by atoms with Crippen LogP contribution >= 0.6 is 0 Å². The van der Waals surface area contributed by atoms with Crippen molar-refractivity contribution in [1.29, 1.82) is 0 Å². The summed E-state index contributed by atoms with van der Waals surface area (Å²) in [5, 5.41) is 2.75. The SMILES string of the molecule is CC(C)N(CC(=O)NCc1cccc(-c2cnc(C(F)(F)F)nc2)c1)[S+]([O-])c1ccc(F)cc1. The number of carbonyl (C=O) groups is 1. The zero-order valence-corrected chi connectivity index (χ0v) is 19.2. The number of alkyl halides is 3. The molecule has 34 heavy (non-hydrogen) atoms. The summed E-state index contributed by atoms with van der Waals surface area (Å²) in [5.41, 5.74) is 1.71. The summed E-state index contributed by atoms with van der Waals surface area (Å²) in [7, 11) is 0. The van der Waals surface area contributed by atoms with Gasteiger partial charge in [-0.2, -0.15) is 13.2 Å². The molecule has 11 heteroatoms. The molecule has 0 aliphatic heterocycles. The van der Waals surface area contributed by atoms with Crippen LogP contribution in [0.2, 0.25) is 0 Å². The second kappa shape index (κ2) is 10.9. The molecular formula is C23H22F4N4O2S. The van der Waals surface area contributed by atoms with E-state index in [9.17, 15) is 26.9 Å². The molecule has 3 aromatic rings. The lowest BCUT2D eigenvalue weighted by atomic mass is 10.1. The normalized spacial score (nSPS) is 12.7. The van der Waals surface area contributed by atoms with Gasteiger partial charge in [-0.3, -0.25) is 4.79 Å². The summed E-state index contributed by atoms with van der Waals surface area (Å²) in [5.74, 6) is -2.03. The largest absolute Gasteiger partial charge is 0.593 e. The summed E-state index contributed by atoms with van der Waals surface area (Å²) >= 11 is -1.65. The lowest BCUT2D eigenvalue weighted by Gasteiger charge is -2.26. The maximum atomic E-state index is 13.2. The van der Waals surface area contributed by atoms with Crippen molar-refractivity contribution in [1.82, 2.24) is 19.6 Å². The molecule has 0 spiro atoms. The molecule has 0 aliphatic carbocycles. The van der Waals surface area contributed by atoms with Crippen LogP contribution in [0.1, 0.15) is 25.2 Å². The Balaban J connectivity index is 1.63. The van der Waals surface area contributed by atoms with Gasteiger partial charge < -0.3 is 9.87 Å². The molecule has 1 amide bonds.